The number of thiazole rings is 1. The van der Waals surface area contributed by atoms with Gasteiger partial charge in [0.15, 0.2) is 16.6 Å². The number of aryl methyl sites for hydroxylation is 3. The fraction of sp³-hybridized carbons (Fsp3) is 0.438. The zero-order valence-corrected chi connectivity index (χ0v) is 26.2. The molecule has 3 aromatic rings. The Hall–Kier alpha value is -4.12. The van der Waals surface area contributed by atoms with Crippen LogP contribution in [0.5, 0.6) is 17.2 Å². The van der Waals surface area contributed by atoms with Crippen LogP contribution in [-0.2, 0) is 28.9 Å². The molecule has 11 heteroatoms. The molecular formula is C32H38N4O6S. The van der Waals surface area contributed by atoms with Crippen LogP contribution < -0.4 is 35.6 Å². The van der Waals surface area contributed by atoms with Crippen molar-refractivity contribution in [3.63, 3.8) is 0 Å². The van der Waals surface area contributed by atoms with Gasteiger partial charge in [0.25, 0.3) is 0 Å². The Labute approximate surface area is 255 Å². The van der Waals surface area contributed by atoms with E-state index in [1.165, 1.54) is 23.1 Å². The molecule has 2 atom stereocenters. The Balaban J connectivity index is 1.58. The summed E-state index contributed by atoms with van der Waals surface area (Å²) in [5.41, 5.74) is 4.10. The molecule has 2 amide bonds. The maximum atomic E-state index is 13.8. The van der Waals surface area contributed by atoms with Gasteiger partial charge in [0.1, 0.15) is 6.04 Å². The summed E-state index contributed by atoms with van der Waals surface area (Å²) < 4.78 is 17.1. The third-order valence-electron chi connectivity index (χ3n) is 8.00. The minimum atomic E-state index is -0.689. The number of amides is 2. The molecule has 0 radical (unpaired) electrons. The van der Waals surface area contributed by atoms with Gasteiger partial charge in [-0.3, -0.25) is 14.4 Å². The summed E-state index contributed by atoms with van der Waals surface area (Å²) in [6.45, 7) is 5.31. The van der Waals surface area contributed by atoms with Gasteiger partial charge in [-0.15, -0.1) is 11.3 Å². The van der Waals surface area contributed by atoms with Crippen molar-refractivity contribution in [1.82, 2.24) is 10.3 Å². The molecule has 0 fully saturated rings. The van der Waals surface area contributed by atoms with E-state index in [1.54, 1.807) is 33.5 Å². The van der Waals surface area contributed by atoms with Crippen LogP contribution in [0.15, 0.2) is 29.1 Å². The van der Waals surface area contributed by atoms with Crippen molar-refractivity contribution < 1.29 is 23.8 Å². The molecule has 0 aliphatic heterocycles. The van der Waals surface area contributed by atoms with Gasteiger partial charge in [-0.2, -0.15) is 0 Å². The number of hydrogen-bond donors (Lipinski definition) is 3. The quantitative estimate of drug-likeness (QED) is 0.315. The van der Waals surface area contributed by atoms with Crippen LogP contribution in [0.25, 0.3) is 11.1 Å². The highest BCUT2D eigenvalue weighted by Crippen LogP contribution is 2.50. The van der Waals surface area contributed by atoms with Crippen molar-refractivity contribution in [2.24, 2.45) is 5.92 Å². The number of benzene rings is 1. The molecule has 0 saturated heterocycles. The highest BCUT2D eigenvalue weighted by Gasteiger charge is 2.30. The number of carbonyl (C=O) groups excluding carboxylic acids is 2. The number of ether oxygens (including phenoxy) is 3. The molecule has 5 rings (SSSR count). The van der Waals surface area contributed by atoms with Gasteiger partial charge in [-0.25, -0.2) is 4.98 Å². The number of nitrogens with one attached hydrogen (secondary N) is 3. The summed E-state index contributed by atoms with van der Waals surface area (Å²) in [6.07, 6.45) is 4.18. The SMILES string of the molecule is COc1cc2c(c(OC)c1OC)-c1ccc(N[C@@H](C(=O)Nc3nc4c(s3)CCC4)C(C)C)c(=O)cc1[C@@H](NC(C)=O)CC2. The summed E-state index contributed by atoms with van der Waals surface area (Å²) >= 11 is 1.52. The van der Waals surface area contributed by atoms with Gasteiger partial charge in [0.05, 0.1) is 38.8 Å². The second-order valence-corrected chi connectivity index (χ2v) is 12.3. The average molecular weight is 607 g/mol. The Kier molecular flexibility index (Phi) is 8.91. The van der Waals surface area contributed by atoms with Gasteiger partial charge >= 0.3 is 0 Å². The van der Waals surface area contributed by atoms with Crippen LogP contribution in [0, 0.1) is 5.92 Å². The van der Waals surface area contributed by atoms with Crippen molar-refractivity contribution in [2.45, 2.75) is 65.0 Å². The van der Waals surface area contributed by atoms with Gasteiger partial charge in [-0.05, 0) is 72.9 Å². The van der Waals surface area contributed by atoms with Crippen molar-refractivity contribution in [2.75, 3.05) is 32.0 Å². The summed E-state index contributed by atoms with van der Waals surface area (Å²) in [6, 6.07) is 5.88. The molecule has 0 bridgehead atoms. The number of nitrogens with zero attached hydrogens (tertiary/aromatic N) is 1. The second kappa shape index (κ2) is 12.6. The van der Waals surface area contributed by atoms with Gasteiger partial charge in [0.2, 0.25) is 23.0 Å². The Morgan fingerprint density at radius 3 is 2.44 bits per heavy atom. The number of rotatable bonds is 9. The molecule has 2 aliphatic rings. The molecule has 0 spiro atoms. The zero-order chi connectivity index (χ0) is 30.8. The van der Waals surface area contributed by atoms with Crippen LogP contribution >= 0.6 is 11.3 Å². The van der Waals surface area contributed by atoms with Crippen molar-refractivity contribution >= 4 is 34.0 Å². The lowest BCUT2D eigenvalue weighted by molar-refractivity contribution is -0.120. The van der Waals surface area contributed by atoms with E-state index in [-0.39, 0.29) is 28.8 Å². The summed E-state index contributed by atoms with van der Waals surface area (Å²) in [5.74, 6) is 0.857. The largest absolute Gasteiger partial charge is 0.493 e. The summed E-state index contributed by atoms with van der Waals surface area (Å²) in [4.78, 5) is 45.3. The van der Waals surface area contributed by atoms with Crippen molar-refractivity contribution in [3.05, 3.63) is 56.2 Å². The molecule has 3 N–H and O–H groups in total. The van der Waals surface area contributed by atoms with E-state index < -0.39 is 12.1 Å². The molecule has 43 heavy (non-hydrogen) atoms. The van der Waals surface area contributed by atoms with E-state index in [4.69, 9.17) is 14.2 Å². The topological polar surface area (TPSA) is 128 Å². The fourth-order valence-corrected chi connectivity index (χ4v) is 7.01. The third-order valence-corrected chi connectivity index (χ3v) is 9.07. The van der Waals surface area contributed by atoms with E-state index in [0.29, 0.717) is 40.8 Å². The maximum Gasteiger partial charge on any atom is 0.248 e. The first-order chi connectivity index (χ1) is 20.6. The van der Waals surface area contributed by atoms with Gasteiger partial charge < -0.3 is 30.2 Å². The predicted octanol–water partition coefficient (Wildman–Crippen LogP) is 4.88. The number of carbonyl (C=O) groups is 2. The molecule has 1 heterocycles. The van der Waals surface area contributed by atoms with Crippen LogP contribution in [0.2, 0.25) is 0 Å². The fourth-order valence-electron chi connectivity index (χ4n) is 5.96. The van der Waals surface area contributed by atoms with Crippen molar-refractivity contribution in [3.8, 4) is 28.4 Å². The minimum Gasteiger partial charge on any atom is -0.493 e. The first-order valence-electron chi connectivity index (χ1n) is 14.5. The lowest BCUT2D eigenvalue weighted by atomic mass is 9.95. The first kappa shape index (κ1) is 30.3. The number of aromatic nitrogens is 1. The second-order valence-electron chi connectivity index (χ2n) is 11.2. The molecule has 2 aliphatic carbocycles. The molecular weight excluding hydrogens is 568 g/mol. The summed E-state index contributed by atoms with van der Waals surface area (Å²) in [5, 5.41) is 9.77. The van der Waals surface area contributed by atoms with Crippen molar-refractivity contribution in [1.29, 1.82) is 0 Å². The molecule has 2 aromatic carbocycles. The average Bonchev–Trinajstić information content (AvgIpc) is 3.48. The van der Waals surface area contributed by atoms with Crippen LogP contribution in [0.3, 0.4) is 0 Å². The maximum absolute atomic E-state index is 13.8. The zero-order valence-electron chi connectivity index (χ0n) is 25.4. The summed E-state index contributed by atoms with van der Waals surface area (Å²) in [7, 11) is 4.67. The van der Waals surface area contributed by atoms with E-state index in [9.17, 15) is 14.4 Å². The van der Waals surface area contributed by atoms with Gasteiger partial charge in [-0.1, -0.05) is 19.9 Å². The standard InChI is InChI=1S/C32H38N4O6S/c1-16(2)28(31(39)36-32-35-23-8-7-9-26(23)43-32)34-22-13-11-19-20(15-24(22)38)21(33-17(3)37)12-10-18-14-25(40-4)29(41-5)30(42-6)27(18)19/h11,13-16,21,28H,7-10,12H2,1-6H3,(H,33,37)(H,34,38)(H,35,36,39)/t21-,28+/m0/s1. The molecule has 228 valence electrons. The lowest BCUT2D eigenvalue weighted by Crippen LogP contribution is -2.39. The Morgan fingerprint density at radius 2 is 1.79 bits per heavy atom. The minimum absolute atomic E-state index is 0.126. The molecule has 1 aromatic heterocycles. The molecule has 0 unspecified atom stereocenters. The van der Waals surface area contributed by atoms with Gasteiger partial charge in [0, 0.05) is 17.4 Å². The number of methoxy groups -OCH3 is 3. The van der Waals surface area contributed by atoms with Crippen LogP contribution in [0.1, 0.15) is 61.4 Å². The highest BCUT2D eigenvalue weighted by atomic mass is 32.1. The normalized spacial score (nSPS) is 15.8. The Bertz CT molecular complexity index is 1600. The number of fused-ring (bicyclic) bond motifs is 4. The number of hydrogen-bond acceptors (Lipinski definition) is 9. The molecule has 0 saturated carbocycles. The third kappa shape index (κ3) is 6.04. The van der Waals surface area contributed by atoms with Crippen LogP contribution in [-0.4, -0.2) is 44.2 Å². The smallest absolute Gasteiger partial charge is 0.248 e. The van der Waals surface area contributed by atoms with E-state index in [0.717, 1.165) is 41.6 Å². The number of anilines is 2. The first-order valence-corrected chi connectivity index (χ1v) is 15.3. The van der Waals surface area contributed by atoms with E-state index in [2.05, 4.69) is 20.9 Å². The van der Waals surface area contributed by atoms with E-state index in [1.807, 2.05) is 26.0 Å². The predicted molar refractivity (Wildman–Crippen MR) is 168 cm³/mol. The Morgan fingerprint density at radius 1 is 1.02 bits per heavy atom. The lowest BCUT2D eigenvalue weighted by Gasteiger charge is -2.21. The monoisotopic (exact) mass is 606 g/mol. The van der Waals surface area contributed by atoms with E-state index >= 15 is 0 Å². The molecule has 10 nitrogen and oxygen atoms in total. The highest BCUT2D eigenvalue weighted by molar-refractivity contribution is 7.15. The van der Waals surface area contributed by atoms with Crippen LogP contribution in [0.4, 0.5) is 10.8 Å².